The van der Waals surface area contributed by atoms with E-state index < -0.39 is 11.8 Å². The molecule has 2 aliphatic rings. The number of carboxylic acid groups (broad SMARTS) is 1. The van der Waals surface area contributed by atoms with E-state index in [9.17, 15) is 19.1 Å². The molecule has 0 unspecified atom stereocenters. The number of likely N-dealkylation sites (tertiary alicyclic amines) is 2. The summed E-state index contributed by atoms with van der Waals surface area (Å²) in [5.41, 5.74) is 2.30. The second kappa shape index (κ2) is 11.7. The zero-order valence-corrected chi connectivity index (χ0v) is 23.0. The van der Waals surface area contributed by atoms with E-state index in [2.05, 4.69) is 15.0 Å². The third kappa shape index (κ3) is 5.75. The molecule has 216 valence electrons. The topological polar surface area (TPSA) is 109 Å². The number of rotatable bonds is 7. The van der Waals surface area contributed by atoms with Crippen LogP contribution in [0, 0.1) is 5.82 Å². The molecule has 0 atom stereocenters. The van der Waals surface area contributed by atoms with Crippen molar-refractivity contribution in [2.75, 3.05) is 26.2 Å². The van der Waals surface area contributed by atoms with Crippen LogP contribution >= 0.6 is 0 Å². The summed E-state index contributed by atoms with van der Waals surface area (Å²) in [6.07, 6.45) is 1.10. The Morgan fingerprint density at radius 1 is 0.905 bits per heavy atom. The van der Waals surface area contributed by atoms with E-state index in [0.29, 0.717) is 62.5 Å². The monoisotopic (exact) mass is 570 g/mol. The summed E-state index contributed by atoms with van der Waals surface area (Å²) in [5.74, 6) is 0.0583. The molecule has 2 saturated heterocycles. The molecule has 0 radical (unpaired) electrons. The highest BCUT2D eigenvalue weighted by Gasteiger charge is 2.47. The lowest BCUT2D eigenvalue weighted by molar-refractivity contribution is -0.158. The highest BCUT2D eigenvalue weighted by molar-refractivity contribution is 5.87. The van der Waals surface area contributed by atoms with Gasteiger partial charge in [-0.2, -0.15) is 4.98 Å². The van der Waals surface area contributed by atoms with Crippen molar-refractivity contribution >= 4 is 12.1 Å². The number of benzene rings is 3. The predicted octanol–water partition coefficient (Wildman–Crippen LogP) is 5.86. The molecule has 1 amide bonds. The van der Waals surface area contributed by atoms with Gasteiger partial charge in [0, 0.05) is 62.3 Å². The van der Waals surface area contributed by atoms with Crippen LogP contribution in [0.4, 0.5) is 9.18 Å². The molecular weight excluding hydrogens is 539 g/mol. The minimum atomic E-state index is -1.41. The van der Waals surface area contributed by atoms with E-state index in [4.69, 9.17) is 9.26 Å². The quantitative estimate of drug-likeness (QED) is 0.275. The molecule has 2 aliphatic heterocycles. The van der Waals surface area contributed by atoms with Gasteiger partial charge in [0.25, 0.3) is 11.8 Å². The van der Waals surface area contributed by atoms with Crippen molar-refractivity contribution in [2.24, 2.45) is 0 Å². The smallest absolute Gasteiger partial charge is 0.450 e. The second-order valence-electron chi connectivity index (χ2n) is 10.8. The first-order chi connectivity index (χ1) is 20.4. The number of ether oxygens (including phenoxy) is 1. The standard InChI is InChI=1S/C32H31FN4O5/c33-27-20-25(12-13-26(27)23-6-2-1-3-7-23)29-34-28(35-42-29)24-10-8-22(9-11-24)21-36-18-14-32(15-19-36,41-31(39)40)30(38)37-16-4-5-17-37/h1-3,6-13,20H,4-5,14-19,21H2,(H,39,40). The third-order valence-electron chi connectivity index (χ3n) is 8.07. The number of amides is 1. The van der Waals surface area contributed by atoms with Crippen LogP contribution in [0.25, 0.3) is 34.0 Å². The Labute approximate surface area is 242 Å². The van der Waals surface area contributed by atoms with Crippen LogP contribution in [0.3, 0.4) is 0 Å². The minimum absolute atomic E-state index is 0.208. The Kier molecular flexibility index (Phi) is 7.71. The number of carbonyl (C=O) groups is 2. The van der Waals surface area contributed by atoms with Gasteiger partial charge >= 0.3 is 6.16 Å². The largest absolute Gasteiger partial charge is 0.506 e. The van der Waals surface area contributed by atoms with Crippen LogP contribution < -0.4 is 0 Å². The molecule has 10 heteroatoms. The van der Waals surface area contributed by atoms with E-state index in [1.54, 1.807) is 17.0 Å². The van der Waals surface area contributed by atoms with Crippen LogP contribution in [0.2, 0.25) is 0 Å². The Morgan fingerprint density at radius 2 is 1.60 bits per heavy atom. The van der Waals surface area contributed by atoms with Gasteiger partial charge in [-0.1, -0.05) is 65.8 Å². The zero-order chi connectivity index (χ0) is 29.1. The molecule has 42 heavy (non-hydrogen) atoms. The molecule has 3 heterocycles. The summed E-state index contributed by atoms with van der Waals surface area (Å²) in [7, 11) is 0. The number of hydrogen-bond acceptors (Lipinski definition) is 7. The van der Waals surface area contributed by atoms with Gasteiger partial charge in [0.05, 0.1) is 0 Å². The molecule has 0 spiro atoms. The average Bonchev–Trinajstić information content (AvgIpc) is 3.72. The van der Waals surface area contributed by atoms with Crippen LogP contribution in [0.1, 0.15) is 31.2 Å². The van der Waals surface area contributed by atoms with Crippen molar-refractivity contribution < 1.29 is 28.3 Å². The van der Waals surface area contributed by atoms with E-state index in [1.807, 2.05) is 54.6 Å². The van der Waals surface area contributed by atoms with Gasteiger partial charge in [-0.05, 0) is 36.1 Å². The van der Waals surface area contributed by atoms with Crippen molar-refractivity contribution in [2.45, 2.75) is 37.8 Å². The number of aromatic nitrogens is 2. The van der Waals surface area contributed by atoms with Gasteiger partial charge in [0.15, 0.2) is 5.60 Å². The van der Waals surface area contributed by atoms with Gasteiger partial charge in [-0.3, -0.25) is 9.69 Å². The van der Waals surface area contributed by atoms with E-state index >= 15 is 0 Å². The van der Waals surface area contributed by atoms with Crippen molar-refractivity contribution in [1.29, 1.82) is 0 Å². The minimum Gasteiger partial charge on any atom is -0.450 e. The van der Waals surface area contributed by atoms with Crippen molar-refractivity contribution in [3.05, 3.63) is 84.2 Å². The lowest BCUT2D eigenvalue weighted by atomic mass is 9.89. The van der Waals surface area contributed by atoms with Gasteiger partial charge in [0.1, 0.15) is 5.82 Å². The van der Waals surface area contributed by atoms with Crippen LogP contribution in [0.15, 0.2) is 77.3 Å². The summed E-state index contributed by atoms with van der Waals surface area (Å²) in [4.78, 5) is 33.0. The molecule has 2 fully saturated rings. The predicted molar refractivity (Wildman–Crippen MR) is 153 cm³/mol. The van der Waals surface area contributed by atoms with Crippen LogP contribution in [0.5, 0.6) is 0 Å². The number of hydrogen-bond donors (Lipinski definition) is 1. The van der Waals surface area contributed by atoms with Crippen molar-refractivity contribution in [3.8, 4) is 34.0 Å². The molecule has 4 aromatic rings. The number of piperidine rings is 1. The lowest BCUT2D eigenvalue weighted by Crippen LogP contribution is -2.56. The fraction of sp³-hybridized carbons (Fsp3) is 0.312. The number of halogens is 1. The first-order valence-corrected chi connectivity index (χ1v) is 14.1. The maximum atomic E-state index is 14.9. The second-order valence-corrected chi connectivity index (χ2v) is 10.8. The van der Waals surface area contributed by atoms with Crippen molar-refractivity contribution in [3.63, 3.8) is 0 Å². The highest BCUT2D eigenvalue weighted by Crippen LogP contribution is 2.32. The summed E-state index contributed by atoms with van der Waals surface area (Å²) >= 11 is 0. The van der Waals surface area contributed by atoms with E-state index in [1.165, 1.54) is 6.07 Å². The number of nitrogens with zero attached hydrogens (tertiary/aromatic N) is 4. The maximum Gasteiger partial charge on any atom is 0.506 e. The third-order valence-corrected chi connectivity index (χ3v) is 8.07. The Morgan fingerprint density at radius 3 is 2.26 bits per heavy atom. The molecule has 1 N–H and O–H groups in total. The van der Waals surface area contributed by atoms with Gasteiger partial charge in [-0.15, -0.1) is 0 Å². The summed E-state index contributed by atoms with van der Waals surface area (Å²) in [6, 6.07) is 22.0. The summed E-state index contributed by atoms with van der Waals surface area (Å²) < 4.78 is 25.5. The molecular formula is C32H31FN4O5. The highest BCUT2D eigenvalue weighted by atomic mass is 19.1. The molecule has 6 rings (SSSR count). The SMILES string of the molecule is O=C(O)OC1(C(=O)N2CCCC2)CCN(Cc2ccc(-c3noc(-c4ccc(-c5ccccc5)c(F)c4)n3)cc2)CC1. The van der Waals surface area contributed by atoms with E-state index in [0.717, 1.165) is 29.5 Å². The Hall–Kier alpha value is -4.57. The van der Waals surface area contributed by atoms with Gasteiger partial charge in [0.2, 0.25) is 5.82 Å². The van der Waals surface area contributed by atoms with Gasteiger partial charge < -0.3 is 19.3 Å². The fourth-order valence-corrected chi connectivity index (χ4v) is 5.78. The molecule has 1 aromatic heterocycles. The average molecular weight is 571 g/mol. The van der Waals surface area contributed by atoms with Crippen LogP contribution in [-0.4, -0.2) is 68.9 Å². The normalized spacial score (nSPS) is 16.8. The molecule has 0 saturated carbocycles. The Bertz CT molecular complexity index is 1560. The van der Waals surface area contributed by atoms with E-state index in [-0.39, 0.29) is 17.6 Å². The van der Waals surface area contributed by atoms with Crippen molar-refractivity contribution in [1.82, 2.24) is 19.9 Å². The number of carbonyl (C=O) groups excluding carboxylic acids is 1. The lowest BCUT2D eigenvalue weighted by Gasteiger charge is -2.41. The molecule has 0 aliphatic carbocycles. The first-order valence-electron chi connectivity index (χ1n) is 14.1. The zero-order valence-electron chi connectivity index (χ0n) is 23.0. The Balaban J connectivity index is 1.09. The molecule has 0 bridgehead atoms. The fourth-order valence-electron chi connectivity index (χ4n) is 5.78. The summed E-state index contributed by atoms with van der Waals surface area (Å²) in [6.45, 7) is 3.04. The first kappa shape index (κ1) is 27.6. The molecule has 3 aromatic carbocycles. The maximum absolute atomic E-state index is 14.9. The van der Waals surface area contributed by atoms with Crippen LogP contribution in [-0.2, 0) is 16.1 Å². The molecule has 9 nitrogen and oxygen atoms in total. The van der Waals surface area contributed by atoms with Gasteiger partial charge in [-0.25, -0.2) is 9.18 Å². The summed E-state index contributed by atoms with van der Waals surface area (Å²) in [5, 5.41) is 13.4.